The Morgan fingerprint density at radius 2 is 1.85 bits per heavy atom. The molecule has 0 aliphatic carbocycles. The number of sulfonamides is 1. The summed E-state index contributed by atoms with van der Waals surface area (Å²) >= 11 is 0. The quantitative estimate of drug-likeness (QED) is 0.329. The lowest BCUT2D eigenvalue weighted by molar-refractivity contribution is 0.168. The Morgan fingerprint density at radius 3 is 2.55 bits per heavy atom. The Kier molecular flexibility index (Phi) is 7.50. The van der Waals surface area contributed by atoms with Gasteiger partial charge in [-0.2, -0.15) is 4.31 Å². The summed E-state index contributed by atoms with van der Waals surface area (Å²) in [5, 5.41) is 8.78. The second-order valence-corrected chi connectivity index (χ2v) is 13.3. The maximum Gasteiger partial charge on any atom is 0.247 e. The fourth-order valence-corrected chi connectivity index (χ4v) is 7.34. The van der Waals surface area contributed by atoms with Crippen LogP contribution in [0.3, 0.4) is 0 Å². The highest BCUT2D eigenvalue weighted by Gasteiger charge is 2.35. The van der Waals surface area contributed by atoms with Gasteiger partial charge in [0.2, 0.25) is 10.0 Å². The van der Waals surface area contributed by atoms with Gasteiger partial charge in [0.1, 0.15) is 22.3 Å². The van der Waals surface area contributed by atoms with Gasteiger partial charge in [0.25, 0.3) is 0 Å². The molecule has 2 heterocycles. The third kappa shape index (κ3) is 5.02. The van der Waals surface area contributed by atoms with Crippen molar-refractivity contribution in [3.05, 3.63) is 82.4 Å². The van der Waals surface area contributed by atoms with Gasteiger partial charge in [0.05, 0.1) is 12.1 Å². The molecule has 0 saturated carbocycles. The summed E-state index contributed by atoms with van der Waals surface area (Å²) in [6, 6.07) is 17.4. The van der Waals surface area contributed by atoms with Crippen LogP contribution < -0.4 is 10.5 Å². The minimum atomic E-state index is -3.76. The van der Waals surface area contributed by atoms with Crippen LogP contribution in [0.1, 0.15) is 67.9 Å². The molecule has 8 nitrogen and oxygen atoms in total. The number of hydrogen-bond donors (Lipinski definition) is 1. The molecule has 40 heavy (non-hydrogen) atoms. The van der Waals surface area contributed by atoms with Crippen molar-refractivity contribution in [1.82, 2.24) is 19.3 Å². The monoisotopic (exact) mass is 561 g/mol. The summed E-state index contributed by atoms with van der Waals surface area (Å²) in [7, 11) is -3.76. The second-order valence-electron chi connectivity index (χ2n) is 11.4. The summed E-state index contributed by atoms with van der Waals surface area (Å²) in [6.07, 6.45) is 0.469. The highest BCUT2D eigenvalue weighted by molar-refractivity contribution is 7.89. The topological polar surface area (TPSA) is 103 Å². The molecular weight excluding hydrogens is 522 g/mol. The first kappa shape index (κ1) is 28.3. The fourth-order valence-electron chi connectivity index (χ4n) is 5.77. The second kappa shape index (κ2) is 10.6. The van der Waals surface area contributed by atoms with Crippen LogP contribution in [0.4, 0.5) is 0 Å². The van der Waals surface area contributed by atoms with Crippen LogP contribution in [0.5, 0.6) is 5.75 Å². The third-order valence-electron chi connectivity index (χ3n) is 8.01. The summed E-state index contributed by atoms with van der Waals surface area (Å²) in [5.74, 6) is 0.273. The molecule has 1 unspecified atom stereocenters. The van der Waals surface area contributed by atoms with E-state index in [0.717, 1.165) is 45.4 Å². The molecule has 0 fully saturated rings. The van der Waals surface area contributed by atoms with Crippen molar-refractivity contribution >= 4 is 21.1 Å². The van der Waals surface area contributed by atoms with Crippen LogP contribution in [0, 0.1) is 13.8 Å². The van der Waals surface area contributed by atoms with Crippen LogP contribution >= 0.6 is 0 Å². The Bertz CT molecular complexity index is 1660. The maximum atomic E-state index is 13.8. The molecule has 3 aromatic carbocycles. The first-order chi connectivity index (χ1) is 19.0. The maximum absolute atomic E-state index is 13.8. The van der Waals surface area contributed by atoms with E-state index in [1.54, 1.807) is 28.6 Å². The lowest BCUT2D eigenvalue weighted by Gasteiger charge is -2.33. The van der Waals surface area contributed by atoms with E-state index in [9.17, 15) is 8.42 Å². The lowest BCUT2D eigenvalue weighted by Crippen LogP contribution is -2.40. The van der Waals surface area contributed by atoms with E-state index >= 15 is 0 Å². The van der Waals surface area contributed by atoms with Gasteiger partial charge in [-0.3, -0.25) is 0 Å². The number of rotatable bonds is 7. The highest BCUT2D eigenvalue weighted by atomic mass is 32.2. The summed E-state index contributed by atoms with van der Waals surface area (Å²) in [4.78, 5) is 0.213. The molecule has 2 N–H and O–H groups in total. The first-order valence-corrected chi connectivity index (χ1v) is 15.4. The zero-order valence-electron chi connectivity index (χ0n) is 24.2. The van der Waals surface area contributed by atoms with E-state index in [1.807, 2.05) is 32.4 Å². The highest BCUT2D eigenvalue weighted by Crippen LogP contribution is 2.39. The normalized spacial score (nSPS) is 18.2. The predicted octanol–water partition coefficient (Wildman–Crippen LogP) is 5.30. The molecule has 212 valence electrons. The molecule has 0 bridgehead atoms. The van der Waals surface area contributed by atoms with Gasteiger partial charge in [-0.05, 0) is 87.1 Å². The number of hydrogen-bond acceptors (Lipinski definition) is 6. The van der Waals surface area contributed by atoms with Crippen molar-refractivity contribution in [1.29, 1.82) is 0 Å². The van der Waals surface area contributed by atoms with Crippen LogP contribution in [0.2, 0.25) is 0 Å². The van der Waals surface area contributed by atoms with Gasteiger partial charge in [0, 0.05) is 24.5 Å². The smallest absolute Gasteiger partial charge is 0.247 e. The average Bonchev–Trinajstić information content (AvgIpc) is 3.30. The Balaban J connectivity index is 1.58. The van der Waals surface area contributed by atoms with Crippen molar-refractivity contribution in [2.45, 2.75) is 83.5 Å². The number of benzene rings is 3. The van der Waals surface area contributed by atoms with Crippen molar-refractivity contribution in [2.24, 2.45) is 5.73 Å². The SMILES string of the molecule is CC[C@@H]1CN(Cc2cc(C(c3ccc4c(nnn4CC)c3C)C(C)(C)N)ccc2C)S(=O)(=O)c2ccccc2O1. The lowest BCUT2D eigenvalue weighted by atomic mass is 9.75. The fraction of sp³-hybridized carbons (Fsp3) is 0.419. The summed E-state index contributed by atoms with van der Waals surface area (Å²) in [5.41, 5.74) is 13.3. The van der Waals surface area contributed by atoms with E-state index in [-0.39, 0.29) is 30.0 Å². The molecule has 0 spiro atoms. The van der Waals surface area contributed by atoms with Crippen LogP contribution in [-0.2, 0) is 23.1 Å². The van der Waals surface area contributed by atoms with Crippen LogP contribution in [-0.4, -0.2) is 45.9 Å². The van der Waals surface area contributed by atoms with Crippen LogP contribution in [0.15, 0.2) is 59.5 Å². The molecule has 4 aromatic rings. The number of nitrogens with two attached hydrogens (primary N) is 1. The Hall–Kier alpha value is -3.27. The number of para-hydroxylation sites is 1. The van der Waals surface area contributed by atoms with Crippen molar-refractivity contribution in [3.63, 3.8) is 0 Å². The Labute approximate surface area is 237 Å². The third-order valence-corrected chi connectivity index (χ3v) is 9.86. The van der Waals surface area contributed by atoms with Gasteiger partial charge in [0.15, 0.2) is 0 Å². The average molecular weight is 562 g/mol. The van der Waals surface area contributed by atoms with Gasteiger partial charge in [-0.25, -0.2) is 13.1 Å². The summed E-state index contributed by atoms with van der Waals surface area (Å²) < 4.78 is 37.2. The van der Waals surface area contributed by atoms with Gasteiger partial charge < -0.3 is 10.5 Å². The number of aryl methyl sites for hydroxylation is 3. The van der Waals surface area contributed by atoms with Gasteiger partial charge in [-0.15, -0.1) is 5.10 Å². The number of aromatic nitrogens is 3. The van der Waals surface area contributed by atoms with E-state index < -0.39 is 15.6 Å². The predicted molar refractivity (Wildman–Crippen MR) is 158 cm³/mol. The molecule has 5 rings (SSSR count). The molecule has 1 aromatic heterocycles. The molecular formula is C31H39N5O3S. The number of nitrogens with zero attached hydrogens (tertiary/aromatic N) is 4. The zero-order chi connectivity index (χ0) is 28.8. The molecule has 2 atom stereocenters. The van der Waals surface area contributed by atoms with E-state index in [2.05, 4.69) is 54.5 Å². The van der Waals surface area contributed by atoms with E-state index in [1.165, 1.54) is 0 Å². The van der Waals surface area contributed by atoms with Gasteiger partial charge in [-0.1, -0.05) is 48.5 Å². The van der Waals surface area contributed by atoms with Crippen molar-refractivity contribution in [3.8, 4) is 5.75 Å². The van der Waals surface area contributed by atoms with Crippen LogP contribution in [0.25, 0.3) is 11.0 Å². The molecule has 0 amide bonds. The van der Waals surface area contributed by atoms with Crippen molar-refractivity contribution in [2.75, 3.05) is 6.54 Å². The van der Waals surface area contributed by atoms with Gasteiger partial charge >= 0.3 is 0 Å². The molecule has 9 heteroatoms. The molecule has 1 aliphatic heterocycles. The minimum absolute atomic E-state index is 0.142. The largest absolute Gasteiger partial charge is 0.488 e. The number of ether oxygens (including phenoxy) is 1. The number of fused-ring (bicyclic) bond motifs is 2. The van der Waals surface area contributed by atoms with E-state index in [0.29, 0.717) is 12.2 Å². The van der Waals surface area contributed by atoms with Crippen molar-refractivity contribution < 1.29 is 13.2 Å². The molecule has 0 saturated heterocycles. The molecule has 1 aliphatic rings. The summed E-state index contributed by atoms with van der Waals surface area (Å²) in [6.45, 7) is 13.5. The first-order valence-electron chi connectivity index (χ1n) is 13.9. The Morgan fingerprint density at radius 1 is 1.10 bits per heavy atom. The molecule has 0 radical (unpaired) electrons. The standard InChI is InChI=1S/C31H39N5O3S/c1-7-24-19-35(40(37,38)28-12-10-9-11-27(28)39-24)18-23-17-22(14-13-20(23)3)29(31(5,6)32)25-15-16-26-30(21(25)4)33-34-36(26)8-2/h9-17,24,29H,7-8,18-19,32H2,1-6H3/t24-,29?/m1/s1. The minimum Gasteiger partial charge on any atom is -0.488 e. The van der Waals surface area contributed by atoms with E-state index in [4.69, 9.17) is 10.5 Å². The zero-order valence-corrected chi connectivity index (χ0v) is 25.0.